The van der Waals surface area contributed by atoms with Gasteiger partial charge in [-0.15, -0.1) is 0 Å². The number of rotatable bonds is 6. The third-order valence-electron chi connectivity index (χ3n) is 3.59. The molecule has 3 N–H and O–H groups in total. The predicted molar refractivity (Wildman–Crippen MR) is 70.0 cm³/mol. The highest BCUT2D eigenvalue weighted by Crippen LogP contribution is 2.15. The second-order valence-corrected chi connectivity index (χ2v) is 5.65. The molecule has 0 aliphatic carbocycles. The molecule has 0 aromatic heterocycles. The summed E-state index contributed by atoms with van der Waals surface area (Å²) < 4.78 is 5.60. The van der Waals surface area contributed by atoms with Gasteiger partial charge in [0.15, 0.2) is 0 Å². The Kier molecular flexibility index (Phi) is 5.86. The lowest BCUT2D eigenvalue weighted by atomic mass is 9.99. The quantitative estimate of drug-likeness (QED) is 0.684. The number of hydrogen-bond acceptors (Lipinski definition) is 4. The fourth-order valence-electron chi connectivity index (χ4n) is 2.21. The van der Waals surface area contributed by atoms with Gasteiger partial charge in [-0.1, -0.05) is 0 Å². The Morgan fingerprint density at radius 3 is 2.76 bits per heavy atom. The molecule has 17 heavy (non-hydrogen) atoms. The van der Waals surface area contributed by atoms with E-state index in [1.54, 1.807) is 0 Å². The van der Waals surface area contributed by atoms with Gasteiger partial charge in [-0.2, -0.15) is 0 Å². The third-order valence-corrected chi connectivity index (χ3v) is 3.59. The average Bonchev–Trinajstić information content (AvgIpc) is 2.29. The van der Waals surface area contributed by atoms with Crippen LogP contribution in [0.1, 0.15) is 40.0 Å². The standard InChI is InChI=1S/C13H28N2O2/c1-11-9-17-12(2)8-15(11)7-5-4-6-13(3,16)10-14/h11-12,16H,4-10,14H2,1-3H3. The Morgan fingerprint density at radius 2 is 2.12 bits per heavy atom. The summed E-state index contributed by atoms with van der Waals surface area (Å²) in [6, 6.07) is 0.515. The average molecular weight is 244 g/mol. The summed E-state index contributed by atoms with van der Waals surface area (Å²) in [7, 11) is 0. The van der Waals surface area contributed by atoms with Crippen LogP contribution in [0.15, 0.2) is 0 Å². The maximum absolute atomic E-state index is 9.80. The van der Waals surface area contributed by atoms with Crippen LogP contribution in [0, 0.1) is 0 Å². The molecule has 1 rings (SSSR count). The van der Waals surface area contributed by atoms with Gasteiger partial charge in [0.2, 0.25) is 0 Å². The lowest BCUT2D eigenvalue weighted by Gasteiger charge is -2.36. The highest BCUT2D eigenvalue weighted by Gasteiger charge is 2.23. The number of hydrogen-bond donors (Lipinski definition) is 2. The maximum Gasteiger partial charge on any atom is 0.0741 e. The normalized spacial score (nSPS) is 30.2. The first-order valence-corrected chi connectivity index (χ1v) is 6.73. The number of morpholine rings is 1. The Labute approximate surface area is 105 Å². The molecule has 1 saturated heterocycles. The molecular weight excluding hydrogens is 216 g/mol. The van der Waals surface area contributed by atoms with Crippen LogP contribution < -0.4 is 5.73 Å². The zero-order valence-corrected chi connectivity index (χ0v) is 11.5. The van der Waals surface area contributed by atoms with Crippen LogP contribution in [0.2, 0.25) is 0 Å². The van der Waals surface area contributed by atoms with Crippen molar-refractivity contribution in [1.29, 1.82) is 0 Å². The predicted octanol–water partition coefficient (Wildman–Crippen LogP) is 0.976. The lowest BCUT2D eigenvalue weighted by Crippen LogP contribution is -2.47. The van der Waals surface area contributed by atoms with Crippen LogP contribution in [-0.4, -0.2) is 54.0 Å². The molecule has 102 valence electrons. The van der Waals surface area contributed by atoms with Crippen molar-refractivity contribution in [2.45, 2.75) is 57.8 Å². The van der Waals surface area contributed by atoms with Crippen molar-refractivity contribution in [3.63, 3.8) is 0 Å². The first kappa shape index (κ1) is 14.9. The Bertz CT molecular complexity index is 221. The molecule has 0 amide bonds. The minimum Gasteiger partial charge on any atom is -0.389 e. The zero-order chi connectivity index (χ0) is 12.9. The minimum absolute atomic E-state index is 0.345. The summed E-state index contributed by atoms with van der Waals surface area (Å²) in [5.41, 5.74) is 4.80. The van der Waals surface area contributed by atoms with E-state index in [-0.39, 0.29) is 0 Å². The fourth-order valence-corrected chi connectivity index (χ4v) is 2.21. The van der Waals surface area contributed by atoms with Crippen molar-refractivity contribution in [3.05, 3.63) is 0 Å². The summed E-state index contributed by atoms with van der Waals surface area (Å²) in [5.74, 6) is 0. The van der Waals surface area contributed by atoms with Gasteiger partial charge in [0.05, 0.1) is 18.3 Å². The van der Waals surface area contributed by atoms with E-state index in [4.69, 9.17) is 10.5 Å². The molecule has 1 aliphatic heterocycles. The molecule has 1 heterocycles. The van der Waals surface area contributed by atoms with Gasteiger partial charge >= 0.3 is 0 Å². The number of nitrogens with zero attached hydrogens (tertiary/aromatic N) is 1. The van der Waals surface area contributed by atoms with Gasteiger partial charge in [-0.05, 0) is 46.6 Å². The molecule has 0 spiro atoms. The van der Waals surface area contributed by atoms with Crippen LogP contribution in [0.25, 0.3) is 0 Å². The lowest BCUT2D eigenvalue weighted by molar-refractivity contribution is -0.0501. The summed E-state index contributed by atoms with van der Waals surface area (Å²) in [5, 5.41) is 9.80. The molecule has 4 nitrogen and oxygen atoms in total. The smallest absolute Gasteiger partial charge is 0.0741 e. The van der Waals surface area contributed by atoms with E-state index in [1.807, 2.05) is 6.92 Å². The Hall–Kier alpha value is -0.160. The highest BCUT2D eigenvalue weighted by molar-refractivity contribution is 4.76. The van der Waals surface area contributed by atoms with Crippen LogP contribution in [0.3, 0.4) is 0 Å². The number of nitrogens with two attached hydrogens (primary N) is 1. The van der Waals surface area contributed by atoms with Gasteiger partial charge in [0.25, 0.3) is 0 Å². The number of ether oxygens (including phenoxy) is 1. The molecule has 3 unspecified atom stereocenters. The minimum atomic E-state index is -0.691. The Morgan fingerprint density at radius 1 is 1.41 bits per heavy atom. The first-order valence-electron chi connectivity index (χ1n) is 6.73. The van der Waals surface area contributed by atoms with E-state index in [0.717, 1.165) is 39.0 Å². The monoisotopic (exact) mass is 244 g/mol. The van der Waals surface area contributed by atoms with Crippen molar-refractivity contribution in [3.8, 4) is 0 Å². The van der Waals surface area contributed by atoms with Gasteiger partial charge in [0.1, 0.15) is 0 Å². The zero-order valence-electron chi connectivity index (χ0n) is 11.5. The second-order valence-electron chi connectivity index (χ2n) is 5.65. The number of unbranched alkanes of at least 4 members (excludes halogenated alkanes) is 1. The number of aliphatic hydroxyl groups is 1. The summed E-state index contributed by atoms with van der Waals surface area (Å²) >= 11 is 0. The molecule has 3 atom stereocenters. The molecular formula is C13H28N2O2. The van der Waals surface area contributed by atoms with Crippen LogP contribution >= 0.6 is 0 Å². The van der Waals surface area contributed by atoms with E-state index in [0.29, 0.717) is 18.7 Å². The molecule has 1 aliphatic rings. The molecule has 0 saturated carbocycles. The maximum atomic E-state index is 9.80. The van der Waals surface area contributed by atoms with E-state index >= 15 is 0 Å². The molecule has 0 radical (unpaired) electrons. The summed E-state index contributed by atoms with van der Waals surface area (Å²) in [6.45, 7) is 9.44. The molecule has 4 heteroatoms. The van der Waals surface area contributed by atoms with Crippen molar-refractivity contribution < 1.29 is 9.84 Å². The van der Waals surface area contributed by atoms with Crippen LogP contribution in [-0.2, 0) is 4.74 Å². The molecule has 0 bridgehead atoms. The van der Waals surface area contributed by atoms with Crippen LogP contribution in [0.5, 0.6) is 0 Å². The Balaban J connectivity index is 2.17. The molecule has 0 aromatic carbocycles. The highest BCUT2D eigenvalue weighted by atomic mass is 16.5. The topological polar surface area (TPSA) is 58.7 Å². The third kappa shape index (κ3) is 5.34. The fraction of sp³-hybridized carbons (Fsp3) is 1.00. The van der Waals surface area contributed by atoms with E-state index in [1.165, 1.54) is 0 Å². The van der Waals surface area contributed by atoms with Gasteiger partial charge in [-0.25, -0.2) is 0 Å². The molecule has 0 aromatic rings. The molecule has 1 fully saturated rings. The summed E-state index contributed by atoms with van der Waals surface area (Å²) in [6.07, 6.45) is 3.28. The van der Waals surface area contributed by atoms with E-state index in [2.05, 4.69) is 18.7 Å². The SMILES string of the molecule is CC1CN(CCCCC(C)(O)CN)C(C)CO1. The van der Waals surface area contributed by atoms with E-state index < -0.39 is 5.60 Å². The van der Waals surface area contributed by atoms with Gasteiger partial charge in [0, 0.05) is 19.1 Å². The first-order chi connectivity index (χ1) is 7.94. The van der Waals surface area contributed by atoms with Crippen molar-refractivity contribution in [1.82, 2.24) is 4.90 Å². The van der Waals surface area contributed by atoms with Crippen molar-refractivity contribution in [2.75, 3.05) is 26.2 Å². The van der Waals surface area contributed by atoms with Gasteiger partial charge < -0.3 is 15.6 Å². The largest absolute Gasteiger partial charge is 0.389 e. The second kappa shape index (κ2) is 6.69. The van der Waals surface area contributed by atoms with Crippen molar-refractivity contribution >= 4 is 0 Å². The van der Waals surface area contributed by atoms with Crippen LogP contribution in [0.4, 0.5) is 0 Å². The van der Waals surface area contributed by atoms with Crippen molar-refractivity contribution in [2.24, 2.45) is 5.73 Å². The van der Waals surface area contributed by atoms with Gasteiger partial charge in [-0.3, -0.25) is 4.90 Å². The van der Waals surface area contributed by atoms with E-state index in [9.17, 15) is 5.11 Å². The summed E-state index contributed by atoms with van der Waals surface area (Å²) in [4.78, 5) is 2.48.